The van der Waals surface area contributed by atoms with E-state index in [1.165, 1.54) is 0 Å². The number of rotatable bonds is 9. The zero-order valence-electron chi connectivity index (χ0n) is 12.3. The van der Waals surface area contributed by atoms with Gasteiger partial charge in [0.15, 0.2) is 5.82 Å². The highest BCUT2D eigenvalue weighted by Gasteiger charge is 2.10. The standard InChI is InChI=1S/C13H24N4O2/c1-5-17(7-8-19-6-2)13-9-11(14-3)15-12(16-13)10-18-4/h9H,5-8,10H2,1-4H3,(H,14,15,16). The van der Waals surface area contributed by atoms with Crippen LogP contribution in [0.4, 0.5) is 11.6 Å². The van der Waals surface area contributed by atoms with Gasteiger partial charge in [0.1, 0.15) is 18.2 Å². The van der Waals surface area contributed by atoms with Crippen LogP contribution in [-0.2, 0) is 16.1 Å². The third-order valence-corrected chi connectivity index (χ3v) is 2.70. The van der Waals surface area contributed by atoms with E-state index >= 15 is 0 Å². The number of anilines is 2. The Kier molecular flexibility index (Phi) is 7.14. The summed E-state index contributed by atoms with van der Waals surface area (Å²) in [4.78, 5) is 11.0. The number of ether oxygens (including phenoxy) is 2. The molecule has 108 valence electrons. The zero-order chi connectivity index (χ0) is 14.1. The smallest absolute Gasteiger partial charge is 0.158 e. The molecule has 6 nitrogen and oxygen atoms in total. The molecule has 0 bridgehead atoms. The molecule has 1 aromatic rings. The largest absolute Gasteiger partial charge is 0.380 e. The Morgan fingerprint density at radius 3 is 2.68 bits per heavy atom. The van der Waals surface area contributed by atoms with Gasteiger partial charge in [0, 0.05) is 39.9 Å². The van der Waals surface area contributed by atoms with Gasteiger partial charge in [-0.3, -0.25) is 0 Å². The summed E-state index contributed by atoms with van der Waals surface area (Å²) in [6.45, 7) is 7.63. The highest BCUT2D eigenvalue weighted by Crippen LogP contribution is 2.16. The molecule has 1 heterocycles. The summed E-state index contributed by atoms with van der Waals surface area (Å²) >= 11 is 0. The molecule has 19 heavy (non-hydrogen) atoms. The van der Waals surface area contributed by atoms with Crippen molar-refractivity contribution in [3.8, 4) is 0 Å². The molecule has 0 aromatic carbocycles. The topological polar surface area (TPSA) is 59.5 Å². The lowest BCUT2D eigenvalue weighted by molar-refractivity contribution is 0.154. The molecule has 0 radical (unpaired) electrons. The molecule has 0 aliphatic heterocycles. The Labute approximate surface area is 115 Å². The first-order valence-corrected chi connectivity index (χ1v) is 6.62. The van der Waals surface area contributed by atoms with E-state index in [4.69, 9.17) is 9.47 Å². The number of aromatic nitrogens is 2. The molecule has 0 fully saturated rings. The molecule has 0 atom stereocenters. The van der Waals surface area contributed by atoms with Gasteiger partial charge < -0.3 is 19.7 Å². The summed E-state index contributed by atoms with van der Waals surface area (Å²) in [5, 5.41) is 3.05. The van der Waals surface area contributed by atoms with Crippen molar-refractivity contribution in [1.29, 1.82) is 0 Å². The molecular formula is C13H24N4O2. The van der Waals surface area contributed by atoms with E-state index in [2.05, 4.69) is 27.1 Å². The highest BCUT2D eigenvalue weighted by molar-refractivity contribution is 5.49. The second-order valence-electron chi connectivity index (χ2n) is 3.99. The van der Waals surface area contributed by atoms with E-state index < -0.39 is 0 Å². The van der Waals surface area contributed by atoms with Crippen molar-refractivity contribution in [2.24, 2.45) is 0 Å². The van der Waals surface area contributed by atoms with Gasteiger partial charge in [-0.15, -0.1) is 0 Å². The van der Waals surface area contributed by atoms with E-state index in [9.17, 15) is 0 Å². The minimum absolute atomic E-state index is 0.408. The summed E-state index contributed by atoms with van der Waals surface area (Å²) in [5.41, 5.74) is 0. The Morgan fingerprint density at radius 1 is 1.32 bits per heavy atom. The molecule has 0 saturated carbocycles. The molecule has 0 spiro atoms. The van der Waals surface area contributed by atoms with Crippen molar-refractivity contribution >= 4 is 11.6 Å². The molecule has 1 N–H and O–H groups in total. The summed E-state index contributed by atoms with van der Waals surface area (Å²) in [6, 6.07) is 1.94. The highest BCUT2D eigenvalue weighted by atomic mass is 16.5. The van der Waals surface area contributed by atoms with Crippen molar-refractivity contribution < 1.29 is 9.47 Å². The second kappa shape index (κ2) is 8.66. The van der Waals surface area contributed by atoms with E-state index in [-0.39, 0.29) is 0 Å². The van der Waals surface area contributed by atoms with E-state index in [1.54, 1.807) is 7.11 Å². The summed E-state index contributed by atoms with van der Waals surface area (Å²) < 4.78 is 10.5. The lowest BCUT2D eigenvalue weighted by atomic mass is 10.4. The fourth-order valence-corrected chi connectivity index (χ4v) is 1.72. The molecule has 0 unspecified atom stereocenters. The van der Waals surface area contributed by atoms with Crippen molar-refractivity contribution in [2.75, 3.05) is 50.7 Å². The number of nitrogens with one attached hydrogen (secondary N) is 1. The van der Waals surface area contributed by atoms with Gasteiger partial charge >= 0.3 is 0 Å². The van der Waals surface area contributed by atoms with Crippen molar-refractivity contribution in [3.05, 3.63) is 11.9 Å². The fraction of sp³-hybridized carbons (Fsp3) is 0.692. The minimum Gasteiger partial charge on any atom is -0.380 e. The Morgan fingerprint density at radius 2 is 2.11 bits per heavy atom. The lowest BCUT2D eigenvalue weighted by Gasteiger charge is -2.22. The monoisotopic (exact) mass is 268 g/mol. The summed E-state index contributed by atoms with van der Waals surface area (Å²) in [6.07, 6.45) is 0. The third kappa shape index (κ3) is 5.00. The van der Waals surface area contributed by atoms with Crippen LogP contribution in [-0.4, -0.2) is 50.4 Å². The lowest BCUT2D eigenvalue weighted by Crippen LogP contribution is -2.28. The average Bonchev–Trinajstić information content (AvgIpc) is 2.43. The maximum atomic E-state index is 5.40. The number of hydrogen-bond donors (Lipinski definition) is 1. The predicted octanol–water partition coefficient (Wildman–Crippen LogP) is 1.53. The Balaban J connectivity index is 2.84. The first kappa shape index (κ1) is 15.7. The molecule has 0 aliphatic carbocycles. The van der Waals surface area contributed by atoms with Crippen LogP contribution >= 0.6 is 0 Å². The van der Waals surface area contributed by atoms with Gasteiger partial charge in [0.25, 0.3) is 0 Å². The first-order valence-electron chi connectivity index (χ1n) is 6.62. The number of likely N-dealkylation sites (N-methyl/N-ethyl adjacent to an activating group) is 1. The molecule has 0 aliphatic rings. The van der Waals surface area contributed by atoms with Gasteiger partial charge in [-0.25, -0.2) is 9.97 Å². The van der Waals surface area contributed by atoms with Crippen LogP contribution in [0.2, 0.25) is 0 Å². The molecule has 6 heteroatoms. The zero-order valence-corrected chi connectivity index (χ0v) is 12.3. The SMILES string of the molecule is CCOCCN(CC)c1cc(NC)nc(COC)n1. The summed E-state index contributed by atoms with van der Waals surface area (Å²) in [5.74, 6) is 2.37. The quantitative estimate of drug-likeness (QED) is 0.685. The normalized spacial score (nSPS) is 10.5. The number of methoxy groups -OCH3 is 1. The molecule has 0 saturated heterocycles. The third-order valence-electron chi connectivity index (χ3n) is 2.70. The van der Waals surface area contributed by atoms with Crippen LogP contribution in [0.3, 0.4) is 0 Å². The summed E-state index contributed by atoms with van der Waals surface area (Å²) in [7, 11) is 3.49. The van der Waals surface area contributed by atoms with Crippen molar-refractivity contribution in [1.82, 2.24) is 9.97 Å². The fourth-order valence-electron chi connectivity index (χ4n) is 1.72. The Hall–Kier alpha value is -1.40. The van der Waals surface area contributed by atoms with Gasteiger partial charge in [0.05, 0.1) is 6.61 Å². The van der Waals surface area contributed by atoms with Gasteiger partial charge in [-0.2, -0.15) is 0 Å². The van der Waals surface area contributed by atoms with E-state index in [0.29, 0.717) is 19.0 Å². The predicted molar refractivity (Wildman–Crippen MR) is 76.7 cm³/mol. The first-order chi connectivity index (χ1) is 9.24. The van der Waals surface area contributed by atoms with E-state index in [0.717, 1.165) is 31.3 Å². The van der Waals surface area contributed by atoms with Gasteiger partial charge in [-0.05, 0) is 13.8 Å². The maximum absolute atomic E-state index is 5.40. The van der Waals surface area contributed by atoms with Gasteiger partial charge in [0.2, 0.25) is 0 Å². The van der Waals surface area contributed by atoms with Crippen molar-refractivity contribution in [3.63, 3.8) is 0 Å². The number of hydrogen-bond acceptors (Lipinski definition) is 6. The maximum Gasteiger partial charge on any atom is 0.158 e. The minimum atomic E-state index is 0.408. The molecule has 0 amide bonds. The van der Waals surface area contributed by atoms with Gasteiger partial charge in [-0.1, -0.05) is 0 Å². The molecule has 1 rings (SSSR count). The van der Waals surface area contributed by atoms with Crippen LogP contribution in [0.25, 0.3) is 0 Å². The van der Waals surface area contributed by atoms with Crippen molar-refractivity contribution in [2.45, 2.75) is 20.5 Å². The van der Waals surface area contributed by atoms with Crippen LogP contribution < -0.4 is 10.2 Å². The van der Waals surface area contributed by atoms with Crippen LogP contribution in [0.5, 0.6) is 0 Å². The van der Waals surface area contributed by atoms with E-state index in [1.807, 2.05) is 20.0 Å². The second-order valence-corrected chi connectivity index (χ2v) is 3.99. The Bertz CT molecular complexity index is 374. The van der Waals surface area contributed by atoms with Crippen LogP contribution in [0.15, 0.2) is 6.07 Å². The molecular weight excluding hydrogens is 244 g/mol. The molecule has 1 aromatic heterocycles. The average molecular weight is 268 g/mol. The number of nitrogens with zero attached hydrogens (tertiary/aromatic N) is 3. The van der Waals surface area contributed by atoms with Crippen LogP contribution in [0.1, 0.15) is 19.7 Å². The van der Waals surface area contributed by atoms with Crippen LogP contribution in [0, 0.1) is 0 Å².